The number of aromatic nitrogens is 2. The second-order valence-corrected chi connectivity index (χ2v) is 5.95. The summed E-state index contributed by atoms with van der Waals surface area (Å²) in [6, 6.07) is 1.86. The van der Waals surface area contributed by atoms with Gasteiger partial charge in [-0.3, -0.25) is 10.1 Å². The topological polar surface area (TPSA) is 65.3 Å². The summed E-state index contributed by atoms with van der Waals surface area (Å²) < 4.78 is 8.64. The molecule has 0 aliphatic heterocycles. The molecule has 0 aliphatic carbocycles. The van der Waals surface area contributed by atoms with Crippen LogP contribution >= 0.6 is 0 Å². The van der Waals surface area contributed by atoms with Crippen molar-refractivity contribution in [2.45, 2.75) is 39.8 Å². The zero-order valence-corrected chi connectivity index (χ0v) is 13.1. The van der Waals surface area contributed by atoms with Gasteiger partial charge in [0.2, 0.25) is 0 Å². The van der Waals surface area contributed by atoms with Crippen molar-refractivity contribution < 1.29 is 9.53 Å². The number of nitrogens with one attached hydrogen (secondary N) is 1. The average Bonchev–Trinajstić information content (AvgIpc) is 2.65. The Morgan fingerprint density at radius 3 is 2.62 bits per heavy atom. The van der Waals surface area contributed by atoms with Crippen LogP contribution in [0.4, 0.5) is 10.5 Å². The van der Waals surface area contributed by atoms with Crippen molar-refractivity contribution >= 4 is 22.7 Å². The molecule has 0 aliphatic rings. The van der Waals surface area contributed by atoms with Crippen molar-refractivity contribution in [3.05, 3.63) is 28.8 Å². The molecule has 6 nitrogen and oxygen atoms in total. The molecule has 2 aromatic heterocycles. The number of carbonyl (C=O) groups excluding carboxylic acids is 1. The van der Waals surface area contributed by atoms with E-state index in [4.69, 9.17) is 4.74 Å². The first-order chi connectivity index (χ1) is 9.73. The Bertz CT molecular complexity index is 735. The van der Waals surface area contributed by atoms with E-state index in [2.05, 4.69) is 5.32 Å². The van der Waals surface area contributed by atoms with Gasteiger partial charge in [0.05, 0.1) is 16.6 Å². The lowest BCUT2D eigenvalue weighted by Gasteiger charge is -2.19. The largest absolute Gasteiger partial charge is 0.444 e. The smallest absolute Gasteiger partial charge is 0.412 e. The lowest BCUT2D eigenvalue weighted by Crippen LogP contribution is -2.27. The van der Waals surface area contributed by atoms with Crippen LogP contribution in [0.5, 0.6) is 0 Å². The Labute approximate surface area is 123 Å². The molecule has 1 amide bonds. The van der Waals surface area contributed by atoms with Gasteiger partial charge in [-0.25, -0.2) is 4.79 Å². The SMILES string of the molecule is CCn1ccc2c(c(NC(=O)OC(C)(C)C)cn2C)c1=O. The van der Waals surface area contributed by atoms with Crippen LogP contribution < -0.4 is 10.9 Å². The third-order valence-corrected chi connectivity index (χ3v) is 3.09. The van der Waals surface area contributed by atoms with Crippen LogP contribution in [0.25, 0.3) is 10.9 Å². The Kier molecular flexibility index (Phi) is 3.80. The molecule has 0 radical (unpaired) electrons. The number of hydrogen-bond donors (Lipinski definition) is 1. The molecule has 0 unspecified atom stereocenters. The first-order valence-corrected chi connectivity index (χ1v) is 6.91. The maximum absolute atomic E-state index is 12.4. The number of amides is 1. The number of aryl methyl sites for hydroxylation is 2. The average molecular weight is 291 g/mol. The third kappa shape index (κ3) is 3.09. The molecule has 2 aromatic rings. The standard InChI is InChI=1S/C15H21N3O3/c1-6-18-8-7-11-12(13(18)19)10(9-17(11)5)16-14(20)21-15(2,3)4/h7-9H,6H2,1-5H3,(H,16,20). The minimum absolute atomic E-state index is 0.123. The number of nitrogens with zero attached hydrogens (tertiary/aromatic N) is 2. The molecule has 0 spiro atoms. The fraction of sp³-hybridized carbons (Fsp3) is 0.467. The minimum Gasteiger partial charge on any atom is -0.444 e. The predicted octanol–water partition coefficient (Wildman–Crippen LogP) is 2.71. The van der Waals surface area contributed by atoms with Crippen LogP contribution in [-0.2, 0) is 18.3 Å². The molecule has 0 saturated carbocycles. The van der Waals surface area contributed by atoms with Gasteiger partial charge in [-0.15, -0.1) is 0 Å². The van der Waals surface area contributed by atoms with Crippen molar-refractivity contribution in [3.63, 3.8) is 0 Å². The summed E-state index contributed by atoms with van der Waals surface area (Å²) in [5.41, 5.74) is 0.533. The molecular weight excluding hydrogens is 270 g/mol. The molecular formula is C15H21N3O3. The summed E-state index contributed by atoms with van der Waals surface area (Å²) in [4.78, 5) is 24.3. The number of carbonyl (C=O) groups is 1. The molecule has 0 atom stereocenters. The van der Waals surface area contributed by atoms with E-state index in [0.29, 0.717) is 17.6 Å². The van der Waals surface area contributed by atoms with Gasteiger partial charge in [0.15, 0.2) is 0 Å². The number of pyridine rings is 1. The maximum atomic E-state index is 12.4. The van der Waals surface area contributed by atoms with Crippen molar-refractivity contribution in [1.82, 2.24) is 9.13 Å². The Morgan fingerprint density at radius 1 is 1.38 bits per heavy atom. The first kappa shape index (κ1) is 15.2. The van der Waals surface area contributed by atoms with Crippen LogP contribution in [0.2, 0.25) is 0 Å². The van der Waals surface area contributed by atoms with Gasteiger partial charge in [-0.2, -0.15) is 0 Å². The highest BCUT2D eigenvalue weighted by Gasteiger charge is 2.19. The van der Waals surface area contributed by atoms with E-state index >= 15 is 0 Å². The molecule has 2 heterocycles. The quantitative estimate of drug-likeness (QED) is 0.925. The molecule has 0 saturated heterocycles. The Balaban J connectivity index is 2.45. The Morgan fingerprint density at radius 2 is 2.05 bits per heavy atom. The van der Waals surface area contributed by atoms with Gasteiger partial charge < -0.3 is 13.9 Å². The number of rotatable bonds is 2. The Hall–Kier alpha value is -2.24. The van der Waals surface area contributed by atoms with E-state index in [1.165, 1.54) is 0 Å². The van der Waals surface area contributed by atoms with E-state index in [0.717, 1.165) is 5.52 Å². The summed E-state index contributed by atoms with van der Waals surface area (Å²) in [5.74, 6) is 0. The van der Waals surface area contributed by atoms with Gasteiger partial charge in [0.1, 0.15) is 5.60 Å². The van der Waals surface area contributed by atoms with Crippen LogP contribution in [0.3, 0.4) is 0 Å². The van der Waals surface area contributed by atoms with Crippen molar-refractivity contribution in [2.75, 3.05) is 5.32 Å². The zero-order valence-electron chi connectivity index (χ0n) is 13.1. The molecule has 0 fully saturated rings. The highest BCUT2D eigenvalue weighted by Crippen LogP contribution is 2.22. The lowest BCUT2D eigenvalue weighted by molar-refractivity contribution is 0.0636. The summed E-state index contributed by atoms with van der Waals surface area (Å²) in [6.45, 7) is 7.85. The molecule has 21 heavy (non-hydrogen) atoms. The summed E-state index contributed by atoms with van der Waals surface area (Å²) in [7, 11) is 1.83. The van der Waals surface area contributed by atoms with E-state index in [-0.39, 0.29) is 5.56 Å². The van der Waals surface area contributed by atoms with Gasteiger partial charge in [-0.05, 0) is 33.8 Å². The fourth-order valence-electron chi connectivity index (χ4n) is 2.20. The van der Waals surface area contributed by atoms with E-state index in [1.54, 1.807) is 37.7 Å². The molecule has 1 N–H and O–H groups in total. The highest BCUT2D eigenvalue weighted by molar-refractivity contribution is 5.99. The van der Waals surface area contributed by atoms with E-state index < -0.39 is 11.7 Å². The van der Waals surface area contributed by atoms with E-state index in [1.807, 2.05) is 24.6 Å². The van der Waals surface area contributed by atoms with Gasteiger partial charge >= 0.3 is 6.09 Å². The predicted molar refractivity (Wildman–Crippen MR) is 82.7 cm³/mol. The summed E-state index contributed by atoms with van der Waals surface area (Å²) >= 11 is 0. The molecule has 114 valence electrons. The van der Waals surface area contributed by atoms with Crippen LogP contribution in [0.1, 0.15) is 27.7 Å². The second-order valence-electron chi connectivity index (χ2n) is 5.95. The molecule has 0 aromatic carbocycles. The van der Waals surface area contributed by atoms with Gasteiger partial charge in [0.25, 0.3) is 5.56 Å². The van der Waals surface area contributed by atoms with Crippen LogP contribution in [0, 0.1) is 0 Å². The molecule has 6 heteroatoms. The molecule has 0 bridgehead atoms. The second kappa shape index (κ2) is 5.27. The number of ether oxygens (including phenoxy) is 1. The van der Waals surface area contributed by atoms with E-state index in [9.17, 15) is 9.59 Å². The highest BCUT2D eigenvalue weighted by atomic mass is 16.6. The monoisotopic (exact) mass is 291 g/mol. The zero-order chi connectivity index (χ0) is 15.8. The number of fused-ring (bicyclic) bond motifs is 1. The van der Waals surface area contributed by atoms with Gasteiger partial charge in [0, 0.05) is 26.0 Å². The van der Waals surface area contributed by atoms with Crippen molar-refractivity contribution in [2.24, 2.45) is 7.05 Å². The maximum Gasteiger partial charge on any atom is 0.412 e. The van der Waals surface area contributed by atoms with Crippen LogP contribution in [0.15, 0.2) is 23.3 Å². The first-order valence-electron chi connectivity index (χ1n) is 6.91. The summed E-state index contributed by atoms with van der Waals surface area (Å²) in [6.07, 6.45) is 2.90. The summed E-state index contributed by atoms with van der Waals surface area (Å²) in [5, 5.41) is 3.15. The van der Waals surface area contributed by atoms with Crippen molar-refractivity contribution in [1.29, 1.82) is 0 Å². The lowest BCUT2D eigenvalue weighted by atomic mass is 10.2. The minimum atomic E-state index is -0.585. The fourth-order valence-corrected chi connectivity index (χ4v) is 2.20. The normalized spacial score (nSPS) is 11.7. The van der Waals surface area contributed by atoms with Gasteiger partial charge in [-0.1, -0.05) is 0 Å². The van der Waals surface area contributed by atoms with Crippen LogP contribution in [-0.4, -0.2) is 20.8 Å². The van der Waals surface area contributed by atoms with Crippen molar-refractivity contribution in [3.8, 4) is 0 Å². The third-order valence-electron chi connectivity index (χ3n) is 3.09. The number of hydrogen-bond acceptors (Lipinski definition) is 3. The number of anilines is 1. The molecule has 2 rings (SSSR count).